The molecular weight excluding hydrogens is 817 g/mol. The predicted molar refractivity (Wildman–Crippen MR) is 282 cm³/mol. The van der Waals surface area contributed by atoms with Crippen molar-refractivity contribution in [1.29, 1.82) is 0 Å². The molecule has 11 aromatic carbocycles. The first-order valence-electron chi connectivity index (χ1n) is 24.1. The van der Waals surface area contributed by atoms with Crippen LogP contribution in [0.2, 0.25) is 0 Å². The predicted octanol–water partition coefficient (Wildman–Crippen LogP) is 16.9. The minimum Gasteiger partial charge on any atom is -0.0622 e. The molecule has 11 aromatic rings. The lowest BCUT2D eigenvalue weighted by atomic mass is 9.67. The molecule has 1 unspecified atom stereocenters. The van der Waals surface area contributed by atoms with Crippen molar-refractivity contribution < 1.29 is 0 Å². The molecule has 0 N–H and O–H groups in total. The van der Waals surface area contributed by atoms with E-state index in [-0.39, 0.29) is 5.92 Å². The zero-order chi connectivity index (χ0) is 44.8. The Bertz CT molecular complexity index is 3740. The van der Waals surface area contributed by atoms with Gasteiger partial charge in [0.15, 0.2) is 0 Å². The third kappa shape index (κ3) is 5.68. The molecule has 318 valence electrons. The molecule has 0 heterocycles. The van der Waals surface area contributed by atoms with Crippen molar-refractivity contribution in [1.82, 2.24) is 0 Å². The van der Waals surface area contributed by atoms with E-state index in [4.69, 9.17) is 0 Å². The van der Waals surface area contributed by atoms with Gasteiger partial charge in [-0.3, -0.25) is 0 Å². The minimum atomic E-state index is -0.511. The third-order valence-electron chi connectivity index (χ3n) is 15.6. The summed E-state index contributed by atoms with van der Waals surface area (Å²) in [5.74, 6) is -0.0871. The van der Waals surface area contributed by atoms with Crippen LogP contribution in [-0.2, 0) is 18.3 Å². The highest BCUT2D eigenvalue weighted by atomic mass is 14.5. The van der Waals surface area contributed by atoms with E-state index in [2.05, 4.69) is 249 Å². The molecule has 14 rings (SSSR count). The summed E-state index contributed by atoms with van der Waals surface area (Å²) in [7, 11) is 0. The molecule has 0 aromatic heterocycles. The topological polar surface area (TPSA) is 0 Å². The average Bonchev–Trinajstić information content (AvgIpc) is 4.08. The Hall–Kier alpha value is -8.32. The molecule has 0 bridgehead atoms. The van der Waals surface area contributed by atoms with Gasteiger partial charge in [-0.2, -0.15) is 0 Å². The van der Waals surface area contributed by atoms with Gasteiger partial charge < -0.3 is 0 Å². The number of benzene rings is 11. The molecule has 3 aliphatic carbocycles. The summed E-state index contributed by atoms with van der Waals surface area (Å²) in [6, 6.07) is 93.9. The van der Waals surface area contributed by atoms with Crippen molar-refractivity contribution in [2.24, 2.45) is 0 Å². The smallest absolute Gasteiger partial charge is 0.0622 e. The molecule has 0 aliphatic heterocycles. The van der Waals surface area contributed by atoms with Gasteiger partial charge in [-0.05, 0) is 147 Å². The van der Waals surface area contributed by atoms with Gasteiger partial charge in [-0.15, -0.1) is 0 Å². The van der Waals surface area contributed by atoms with Crippen molar-refractivity contribution in [3.63, 3.8) is 0 Å². The van der Waals surface area contributed by atoms with Gasteiger partial charge >= 0.3 is 0 Å². The Kier molecular flexibility index (Phi) is 8.80. The van der Waals surface area contributed by atoms with E-state index in [1.807, 2.05) is 0 Å². The first-order chi connectivity index (χ1) is 33.8. The zero-order valence-electron chi connectivity index (χ0n) is 37.7. The van der Waals surface area contributed by atoms with Gasteiger partial charge in [0.25, 0.3) is 0 Å². The monoisotopic (exact) mass is 862 g/mol. The Morgan fingerprint density at radius 2 is 0.897 bits per heavy atom. The number of fused-ring (bicyclic) bond motifs is 10. The highest BCUT2D eigenvalue weighted by molar-refractivity contribution is 6.06. The number of hydrogen-bond donors (Lipinski definition) is 0. The summed E-state index contributed by atoms with van der Waals surface area (Å²) in [5.41, 5.74) is 27.6. The second kappa shape index (κ2) is 15.4. The molecule has 0 radical (unpaired) electrons. The van der Waals surface area contributed by atoms with Crippen molar-refractivity contribution in [2.75, 3.05) is 0 Å². The molecule has 1 atom stereocenters. The Morgan fingerprint density at radius 3 is 1.71 bits per heavy atom. The maximum Gasteiger partial charge on any atom is 0.0713 e. The molecule has 0 fully saturated rings. The van der Waals surface area contributed by atoms with Gasteiger partial charge in [0.05, 0.1) is 5.41 Å². The summed E-state index contributed by atoms with van der Waals surface area (Å²) in [4.78, 5) is 0. The van der Waals surface area contributed by atoms with Crippen LogP contribution in [0.1, 0.15) is 67.1 Å². The molecule has 3 aliphatic rings. The van der Waals surface area contributed by atoms with Crippen molar-refractivity contribution >= 4 is 10.8 Å². The zero-order valence-corrected chi connectivity index (χ0v) is 37.7. The van der Waals surface area contributed by atoms with Crippen LogP contribution in [0.3, 0.4) is 0 Å². The minimum absolute atomic E-state index is 0.0871. The van der Waals surface area contributed by atoms with Gasteiger partial charge in [-0.1, -0.05) is 243 Å². The summed E-state index contributed by atoms with van der Waals surface area (Å²) >= 11 is 0. The Morgan fingerprint density at radius 1 is 0.324 bits per heavy atom. The summed E-state index contributed by atoms with van der Waals surface area (Å²) in [5, 5.41) is 2.61. The van der Waals surface area contributed by atoms with E-state index >= 15 is 0 Å². The SMILES string of the molecule is c1ccc(-c2ccccc2C(c2ccc3c(c2)C(c2ccccc2)(c2ccccc2)c2ccccc2-3)c2cccc3c2-c2cc4ccccc4c(-c4cccc5c4Cc4ccccc4-5)c2C3)cc1. The van der Waals surface area contributed by atoms with Gasteiger partial charge in [-0.25, -0.2) is 0 Å². The Labute approximate surface area is 398 Å². The molecule has 0 spiro atoms. The van der Waals surface area contributed by atoms with Crippen molar-refractivity contribution in [2.45, 2.75) is 24.2 Å². The molecule has 68 heavy (non-hydrogen) atoms. The van der Waals surface area contributed by atoms with Crippen LogP contribution < -0.4 is 0 Å². The molecular formula is C68H46. The highest BCUT2D eigenvalue weighted by Crippen LogP contribution is 2.58. The van der Waals surface area contributed by atoms with Gasteiger partial charge in [0, 0.05) is 5.92 Å². The van der Waals surface area contributed by atoms with Crippen LogP contribution in [0, 0.1) is 0 Å². The quantitative estimate of drug-likeness (QED) is 0.140. The maximum atomic E-state index is 2.59. The number of rotatable bonds is 7. The average molecular weight is 863 g/mol. The highest BCUT2D eigenvalue weighted by Gasteiger charge is 2.46. The second-order valence-electron chi connectivity index (χ2n) is 18.9. The van der Waals surface area contributed by atoms with Crippen molar-refractivity contribution in [3.05, 3.63) is 310 Å². The van der Waals surface area contributed by atoms with E-state index in [0.29, 0.717) is 0 Å². The first-order valence-corrected chi connectivity index (χ1v) is 24.1. The van der Waals surface area contributed by atoms with Crippen LogP contribution in [0.5, 0.6) is 0 Å². The summed E-state index contributed by atoms with van der Waals surface area (Å²) in [6.07, 6.45) is 1.83. The van der Waals surface area contributed by atoms with Gasteiger partial charge in [0.2, 0.25) is 0 Å². The van der Waals surface area contributed by atoms with Crippen LogP contribution in [0.25, 0.3) is 66.4 Å². The van der Waals surface area contributed by atoms with E-state index in [9.17, 15) is 0 Å². The van der Waals surface area contributed by atoms with E-state index < -0.39 is 5.41 Å². The standard InChI is InChI=1S/C68H46/c1-4-20-44(21-5-1)51-29-14-15-33-57(51)65(48-38-39-56-55-32-16-17-37-63(55)68(64(56)43-48,49-25-6-2-7-26-49)50-27-8-3-9-28-50)59-36-18-24-47-42-62-61(66(47)59)41-46-23-11-13-31-53(46)67(62)58-35-19-34-54-52-30-12-10-22-45(52)40-60(54)58/h1-39,41,43,65H,40,42H2. The third-order valence-corrected chi connectivity index (χ3v) is 15.6. The van der Waals surface area contributed by atoms with Crippen LogP contribution in [-0.4, -0.2) is 0 Å². The van der Waals surface area contributed by atoms with Gasteiger partial charge in [0.1, 0.15) is 0 Å². The van der Waals surface area contributed by atoms with Crippen molar-refractivity contribution in [3.8, 4) is 55.6 Å². The normalized spacial score (nSPS) is 13.8. The number of hydrogen-bond acceptors (Lipinski definition) is 0. The van der Waals surface area contributed by atoms with E-state index in [1.165, 1.54) is 128 Å². The fraction of sp³-hybridized carbons (Fsp3) is 0.0588. The fourth-order valence-corrected chi connectivity index (χ4v) is 12.8. The summed E-state index contributed by atoms with van der Waals surface area (Å²) < 4.78 is 0. The molecule has 0 saturated carbocycles. The lowest BCUT2D eigenvalue weighted by molar-refractivity contribution is 0.765. The maximum absolute atomic E-state index is 2.59. The lowest BCUT2D eigenvalue weighted by Gasteiger charge is -2.34. The fourth-order valence-electron chi connectivity index (χ4n) is 12.8. The van der Waals surface area contributed by atoms with Crippen LogP contribution in [0.15, 0.2) is 249 Å². The first kappa shape index (κ1) is 38.9. The van der Waals surface area contributed by atoms with Crippen LogP contribution in [0.4, 0.5) is 0 Å². The summed E-state index contributed by atoms with van der Waals surface area (Å²) in [6.45, 7) is 0. The molecule has 0 nitrogen and oxygen atoms in total. The second-order valence-corrected chi connectivity index (χ2v) is 18.9. The van der Waals surface area contributed by atoms with Crippen LogP contribution >= 0.6 is 0 Å². The molecule has 0 heteroatoms. The molecule has 0 amide bonds. The largest absolute Gasteiger partial charge is 0.0713 e. The van der Waals surface area contributed by atoms with E-state index in [1.54, 1.807) is 0 Å². The van der Waals surface area contributed by atoms with E-state index in [0.717, 1.165) is 12.8 Å². The Balaban J connectivity index is 1.05. The molecule has 0 saturated heterocycles. The lowest BCUT2D eigenvalue weighted by Crippen LogP contribution is -2.28.